The molecule has 0 aliphatic carbocycles. The minimum absolute atomic E-state index is 0.0944. The Morgan fingerprint density at radius 1 is 1.44 bits per heavy atom. The van der Waals surface area contributed by atoms with Crippen molar-refractivity contribution >= 4 is 5.78 Å². The van der Waals surface area contributed by atoms with E-state index in [0.29, 0.717) is 12.2 Å². The largest absolute Gasteiger partial charge is 0.379 e. The van der Waals surface area contributed by atoms with Crippen LogP contribution in [0.2, 0.25) is 0 Å². The Bertz CT molecular complexity index is 358. The molecule has 0 N–H and O–H groups in total. The van der Waals surface area contributed by atoms with Crippen LogP contribution in [-0.4, -0.2) is 53.7 Å². The summed E-state index contributed by atoms with van der Waals surface area (Å²) in [6.07, 6.45) is 0.705. The quantitative estimate of drug-likeness (QED) is 0.679. The van der Waals surface area contributed by atoms with Gasteiger partial charge in [0, 0.05) is 33.0 Å². The maximum absolute atomic E-state index is 10.9. The van der Waals surface area contributed by atoms with E-state index in [-0.39, 0.29) is 11.7 Å². The smallest absolute Gasteiger partial charge is 0.293 e. The van der Waals surface area contributed by atoms with Crippen LogP contribution in [0.5, 0.6) is 0 Å². The highest BCUT2D eigenvalue weighted by atomic mass is 16.5. The van der Waals surface area contributed by atoms with Crippen LogP contribution >= 0.6 is 0 Å². The molecule has 1 aromatic heterocycles. The Morgan fingerprint density at radius 2 is 2.19 bits per heavy atom. The van der Waals surface area contributed by atoms with E-state index in [9.17, 15) is 4.79 Å². The molecule has 16 heavy (non-hydrogen) atoms. The van der Waals surface area contributed by atoms with Crippen molar-refractivity contribution in [3.63, 3.8) is 0 Å². The number of rotatable bonds is 4. The fourth-order valence-electron chi connectivity index (χ4n) is 1.58. The normalized spacial score (nSPS) is 17.6. The monoisotopic (exact) mass is 225 g/mol. The highest BCUT2D eigenvalue weighted by Gasteiger charge is 2.13. The first-order valence-electron chi connectivity index (χ1n) is 5.39. The molecule has 6 heteroatoms. The molecular weight excluding hydrogens is 210 g/mol. The molecule has 2 heterocycles. The third kappa shape index (κ3) is 2.86. The maximum Gasteiger partial charge on any atom is 0.293 e. The molecule has 0 aromatic carbocycles. The number of hydrogen-bond acceptors (Lipinski definition) is 6. The summed E-state index contributed by atoms with van der Waals surface area (Å²) in [6.45, 7) is 5.74. The molecule has 2 rings (SSSR count). The van der Waals surface area contributed by atoms with Crippen molar-refractivity contribution in [3.8, 4) is 0 Å². The molecular formula is C10H15N3O3. The fourth-order valence-corrected chi connectivity index (χ4v) is 1.58. The first kappa shape index (κ1) is 11.2. The van der Waals surface area contributed by atoms with Crippen LogP contribution in [0.15, 0.2) is 4.52 Å². The van der Waals surface area contributed by atoms with Crippen LogP contribution in [0.1, 0.15) is 23.4 Å². The Hall–Kier alpha value is -1.27. The molecule has 0 spiro atoms. The molecule has 1 saturated heterocycles. The third-order valence-corrected chi connectivity index (χ3v) is 2.52. The highest BCUT2D eigenvalue weighted by molar-refractivity contribution is 5.89. The van der Waals surface area contributed by atoms with Gasteiger partial charge in [0.25, 0.3) is 5.89 Å². The van der Waals surface area contributed by atoms with Crippen molar-refractivity contribution in [1.29, 1.82) is 0 Å². The zero-order valence-corrected chi connectivity index (χ0v) is 9.31. The number of Topliss-reactive ketones (excluding diaryl/α,β-unsaturated/α-hetero) is 1. The first-order valence-corrected chi connectivity index (χ1v) is 5.39. The van der Waals surface area contributed by atoms with E-state index in [0.717, 1.165) is 32.8 Å². The average Bonchev–Trinajstić information content (AvgIpc) is 2.76. The number of hydrogen-bond donors (Lipinski definition) is 0. The van der Waals surface area contributed by atoms with Gasteiger partial charge in [-0.05, 0) is 0 Å². The summed E-state index contributed by atoms with van der Waals surface area (Å²) in [7, 11) is 0. The summed E-state index contributed by atoms with van der Waals surface area (Å²) < 4.78 is 10.1. The molecule has 0 atom stereocenters. The lowest BCUT2D eigenvalue weighted by atomic mass is 10.3. The lowest BCUT2D eigenvalue weighted by Gasteiger charge is -2.25. The molecule has 0 bridgehead atoms. The number of aromatic nitrogens is 2. The van der Waals surface area contributed by atoms with E-state index >= 15 is 0 Å². The SMILES string of the molecule is CC(=O)c1nc(CCN2CCOCC2)no1. The number of ketones is 1. The summed E-state index contributed by atoms with van der Waals surface area (Å²) in [5.74, 6) is 0.499. The Kier molecular flexibility index (Phi) is 3.63. The summed E-state index contributed by atoms with van der Waals surface area (Å²) in [5.41, 5.74) is 0. The summed E-state index contributed by atoms with van der Waals surface area (Å²) in [6, 6.07) is 0. The van der Waals surface area contributed by atoms with E-state index in [1.54, 1.807) is 0 Å². The van der Waals surface area contributed by atoms with Crippen LogP contribution < -0.4 is 0 Å². The van der Waals surface area contributed by atoms with Gasteiger partial charge in [-0.2, -0.15) is 4.98 Å². The van der Waals surface area contributed by atoms with Crippen molar-refractivity contribution < 1.29 is 14.1 Å². The summed E-state index contributed by atoms with van der Waals surface area (Å²) >= 11 is 0. The summed E-state index contributed by atoms with van der Waals surface area (Å²) in [4.78, 5) is 17.2. The minimum atomic E-state index is -0.190. The van der Waals surface area contributed by atoms with Gasteiger partial charge in [-0.1, -0.05) is 5.16 Å². The molecule has 1 aromatic rings. The molecule has 0 unspecified atom stereocenters. The van der Waals surface area contributed by atoms with Crippen molar-refractivity contribution in [1.82, 2.24) is 15.0 Å². The average molecular weight is 225 g/mol. The summed E-state index contributed by atoms with van der Waals surface area (Å²) in [5, 5.41) is 3.76. The molecule has 6 nitrogen and oxygen atoms in total. The van der Waals surface area contributed by atoms with Gasteiger partial charge >= 0.3 is 0 Å². The second-order valence-corrected chi connectivity index (χ2v) is 3.78. The fraction of sp³-hybridized carbons (Fsp3) is 0.700. The Balaban J connectivity index is 1.81. The van der Waals surface area contributed by atoms with Gasteiger partial charge in [-0.3, -0.25) is 9.69 Å². The van der Waals surface area contributed by atoms with Gasteiger partial charge in [0.05, 0.1) is 13.2 Å². The molecule has 1 aliphatic rings. The van der Waals surface area contributed by atoms with Crippen molar-refractivity contribution in [2.75, 3.05) is 32.8 Å². The second kappa shape index (κ2) is 5.18. The first-order chi connectivity index (χ1) is 7.75. The van der Waals surface area contributed by atoms with Crippen LogP contribution in [-0.2, 0) is 11.2 Å². The maximum atomic E-state index is 10.9. The lowest BCUT2D eigenvalue weighted by molar-refractivity contribution is 0.0381. The number of carbonyl (C=O) groups is 1. The zero-order chi connectivity index (χ0) is 11.4. The zero-order valence-electron chi connectivity index (χ0n) is 9.31. The predicted molar refractivity (Wildman–Crippen MR) is 55.3 cm³/mol. The molecule has 88 valence electrons. The molecule has 0 amide bonds. The van der Waals surface area contributed by atoms with E-state index < -0.39 is 0 Å². The lowest BCUT2D eigenvalue weighted by Crippen LogP contribution is -2.37. The number of carbonyl (C=O) groups excluding carboxylic acids is 1. The van der Waals surface area contributed by atoms with E-state index in [2.05, 4.69) is 15.0 Å². The van der Waals surface area contributed by atoms with Crippen LogP contribution in [0.25, 0.3) is 0 Å². The standard InChI is InChI=1S/C10H15N3O3/c1-8(14)10-11-9(12-16-10)2-3-13-4-6-15-7-5-13/h2-7H2,1H3. The van der Waals surface area contributed by atoms with Gasteiger partial charge in [-0.25, -0.2) is 0 Å². The van der Waals surface area contributed by atoms with Crippen molar-refractivity contribution in [2.24, 2.45) is 0 Å². The number of morpholine rings is 1. The van der Waals surface area contributed by atoms with Gasteiger partial charge in [0.1, 0.15) is 0 Å². The van der Waals surface area contributed by atoms with Gasteiger partial charge in [-0.15, -0.1) is 0 Å². The van der Waals surface area contributed by atoms with E-state index in [1.165, 1.54) is 6.92 Å². The minimum Gasteiger partial charge on any atom is -0.379 e. The topological polar surface area (TPSA) is 68.5 Å². The highest BCUT2D eigenvalue weighted by Crippen LogP contribution is 2.02. The number of nitrogens with zero attached hydrogens (tertiary/aromatic N) is 3. The van der Waals surface area contributed by atoms with Gasteiger partial charge in [0.2, 0.25) is 5.78 Å². The van der Waals surface area contributed by atoms with Crippen molar-refractivity contribution in [2.45, 2.75) is 13.3 Å². The predicted octanol–water partition coefficient (Wildman–Crippen LogP) is 0.147. The van der Waals surface area contributed by atoms with Crippen LogP contribution in [0, 0.1) is 0 Å². The number of ether oxygens (including phenoxy) is 1. The van der Waals surface area contributed by atoms with E-state index in [4.69, 9.17) is 9.26 Å². The molecule has 1 fully saturated rings. The Morgan fingerprint density at radius 3 is 2.81 bits per heavy atom. The van der Waals surface area contributed by atoms with Gasteiger partial charge < -0.3 is 9.26 Å². The van der Waals surface area contributed by atoms with Gasteiger partial charge in [0.15, 0.2) is 5.82 Å². The van der Waals surface area contributed by atoms with Crippen molar-refractivity contribution in [3.05, 3.63) is 11.7 Å². The molecule has 0 radical (unpaired) electrons. The second-order valence-electron chi connectivity index (χ2n) is 3.78. The van der Waals surface area contributed by atoms with E-state index in [1.807, 2.05) is 0 Å². The van der Waals surface area contributed by atoms with Crippen LogP contribution in [0.3, 0.4) is 0 Å². The molecule has 0 saturated carbocycles. The van der Waals surface area contributed by atoms with Crippen LogP contribution in [0.4, 0.5) is 0 Å². The Labute approximate surface area is 93.6 Å². The third-order valence-electron chi connectivity index (χ3n) is 2.52. The molecule has 1 aliphatic heterocycles.